The van der Waals surface area contributed by atoms with Crippen molar-refractivity contribution in [3.63, 3.8) is 0 Å². The summed E-state index contributed by atoms with van der Waals surface area (Å²) in [6.45, 7) is 1.26. The summed E-state index contributed by atoms with van der Waals surface area (Å²) >= 11 is 6.17. The molecule has 2 aromatic carbocycles. The van der Waals surface area contributed by atoms with Gasteiger partial charge in [0.1, 0.15) is 6.54 Å². The molecule has 0 fully saturated rings. The van der Waals surface area contributed by atoms with Gasteiger partial charge in [-0.15, -0.1) is 0 Å². The molecule has 0 saturated carbocycles. The van der Waals surface area contributed by atoms with Gasteiger partial charge in [-0.3, -0.25) is 18.2 Å². The highest BCUT2D eigenvalue weighted by Crippen LogP contribution is 2.29. The highest BCUT2D eigenvalue weighted by molar-refractivity contribution is 7.92. The smallest absolute Gasteiger partial charge is 0.328 e. The molecule has 0 aliphatic rings. The second-order valence-corrected chi connectivity index (χ2v) is 8.84. The molecule has 0 bridgehead atoms. The molecule has 3 rings (SSSR count). The molecule has 0 saturated heterocycles. The van der Waals surface area contributed by atoms with Crippen molar-refractivity contribution < 1.29 is 17.9 Å². The Morgan fingerprint density at radius 1 is 1.10 bits per heavy atom. The summed E-state index contributed by atoms with van der Waals surface area (Å²) in [5, 5.41) is 0.369. The number of anilines is 1. The molecule has 0 spiro atoms. The Hall–Kier alpha value is -2.78. The van der Waals surface area contributed by atoms with E-state index in [9.17, 15) is 18.0 Å². The van der Waals surface area contributed by atoms with Gasteiger partial charge in [-0.1, -0.05) is 17.7 Å². The minimum absolute atomic E-state index is 0.0631. The van der Waals surface area contributed by atoms with Crippen LogP contribution in [0.4, 0.5) is 5.69 Å². The van der Waals surface area contributed by atoms with Gasteiger partial charge in [-0.25, -0.2) is 13.2 Å². The predicted octanol–water partition coefficient (Wildman–Crippen LogP) is 2.21. The molecule has 0 atom stereocenters. The number of rotatable bonds is 5. The molecule has 0 amide bonds. The number of esters is 1. The molecule has 0 radical (unpaired) electrons. The molecular formula is C19H20ClN3O5S. The first-order valence-corrected chi connectivity index (χ1v) is 10.4. The van der Waals surface area contributed by atoms with Crippen LogP contribution >= 0.6 is 11.6 Å². The van der Waals surface area contributed by atoms with Crippen LogP contribution in [0.1, 0.15) is 5.56 Å². The molecule has 10 heteroatoms. The normalized spacial score (nSPS) is 11.6. The van der Waals surface area contributed by atoms with Gasteiger partial charge in [0, 0.05) is 19.1 Å². The van der Waals surface area contributed by atoms with Gasteiger partial charge in [-0.2, -0.15) is 0 Å². The minimum Gasteiger partial charge on any atom is -0.468 e. The summed E-state index contributed by atoms with van der Waals surface area (Å²) in [6.07, 6.45) is 0. The lowest BCUT2D eigenvalue weighted by molar-refractivity contribution is -0.138. The maximum Gasteiger partial charge on any atom is 0.328 e. The van der Waals surface area contributed by atoms with E-state index in [-0.39, 0.29) is 16.3 Å². The van der Waals surface area contributed by atoms with Gasteiger partial charge in [0.25, 0.3) is 10.0 Å². The Morgan fingerprint density at radius 2 is 1.76 bits per heavy atom. The van der Waals surface area contributed by atoms with E-state index in [4.69, 9.17) is 11.6 Å². The number of halogens is 1. The van der Waals surface area contributed by atoms with Crippen LogP contribution in [0, 0.1) is 6.92 Å². The third-order valence-corrected chi connectivity index (χ3v) is 6.95. The average molecular weight is 438 g/mol. The first-order chi connectivity index (χ1) is 13.6. The zero-order valence-corrected chi connectivity index (χ0v) is 17.9. The zero-order valence-electron chi connectivity index (χ0n) is 16.3. The summed E-state index contributed by atoms with van der Waals surface area (Å²) in [6, 6.07) is 9.08. The van der Waals surface area contributed by atoms with Crippen LogP contribution in [0.2, 0.25) is 5.02 Å². The first-order valence-electron chi connectivity index (χ1n) is 8.59. The largest absolute Gasteiger partial charge is 0.468 e. The van der Waals surface area contributed by atoms with Crippen molar-refractivity contribution in [2.75, 3.05) is 18.0 Å². The molecular weight excluding hydrogens is 418 g/mol. The Labute approximate surface area is 172 Å². The topological polar surface area (TPSA) is 90.6 Å². The van der Waals surface area contributed by atoms with E-state index in [2.05, 4.69) is 4.74 Å². The number of hydrogen-bond acceptors (Lipinski definition) is 5. The van der Waals surface area contributed by atoms with E-state index in [1.54, 1.807) is 39.2 Å². The van der Waals surface area contributed by atoms with Crippen molar-refractivity contribution >= 4 is 44.3 Å². The lowest BCUT2D eigenvalue weighted by Crippen LogP contribution is -2.36. The Balaban J connectivity index is 2.19. The van der Waals surface area contributed by atoms with E-state index in [1.807, 2.05) is 0 Å². The Kier molecular flexibility index (Phi) is 5.46. The molecule has 0 unspecified atom stereocenters. The number of nitrogens with zero attached hydrogens (tertiary/aromatic N) is 3. The van der Waals surface area contributed by atoms with Crippen LogP contribution in [0.5, 0.6) is 0 Å². The molecule has 29 heavy (non-hydrogen) atoms. The molecule has 1 heterocycles. The molecule has 8 nitrogen and oxygen atoms in total. The number of carbonyl (C=O) groups is 1. The fraction of sp³-hybridized carbons (Fsp3) is 0.263. The quantitative estimate of drug-likeness (QED) is 0.571. The fourth-order valence-corrected chi connectivity index (χ4v) is 4.60. The van der Waals surface area contributed by atoms with Gasteiger partial charge in [0.2, 0.25) is 0 Å². The lowest BCUT2D eigenvalue weighted by atomic mass is 10.2. The van der Waals surface area contributed by atoms with Crippen molar-refractivity contribution in [2.45, 2.75) is 11.8 Å². The number of benzene rings is 2. The summed E-state index contributed by atoms with van der Waals surface area (Å²) in [5.74, 6) is -0.724. The van der Waals surface area contributed by atoms with Crippen molar-refractivity contribution in [1.29, 1.82) is 0 Å². The maximum atomic E-state index is 13.4. The number of imidazole rings is 1. The lowest BCUT2D eigenvalue weighted by Gasteiger charge is -2.24. The number of ether oxygens (including phenoxy) is 1. The van der Waals surface area contributed by atoms with Gasteiger partial charge in [0.05, 0.1) is 28.7 Å². The number of sulfonamides is 1. The summed E-state index contributed by atoms with van der Waals surface area (Å²) in [7, 11) is 0.200. The van der Waals surface area contributed by atoms with E-state index in [1.165, 1.54) is 34.4 Å². The van der Waals surface area contributed by atoms with Gasteiger partial charge in [-0.05, 0) is 42.8 Å². The number of hydrogen-bond donors (Lipinski definition) is 0. The van der Waals surface area contributed by atoms with Crippen molar-refractivity contribution in [3.8, 4) is 0 Å². The van der Waals surface area contributed by atoms with Crippen LogP contribution in [0.3, 0.4) is 0 Å². The average Bonchev–Trinajstić information content (AvgIpc) is 2.91. The SMILES string of the molecule is COC(=O)CN(c1ccc(C)c(Cl)c1)S(=O)(=O)c1ccc2c(c1)n(C)c(=O)n2C. The third kappa shape index (κ3) is 3.63. The van der Waals surface area contributed by atoms with E-state index < -0.39 is 22.5 Å². The minimum atomic E-state index is -4.15. The van der Waals surface area contributed by atoms with Crippen molar-refractivity contribution in [2.24, 2.45) is 14.1 Å². The number of aromatic nitrogens is 2. The molecule has 154 valence electrons. The number of fused-ring (bicyclic) bond motifs is 1. The fourth-order valence-electron chi connectivity index (χ4n) is 3.01. The summed E-state index contributed by atoms with van der Waals surface area (Å²) in [5.41, 5.74) is 1.78. The van der Waals surface area contributed by atoms with Gasteiger partial charge in [0.15, 0.2) is 0 Å². The second kappa shape index (κ2) is 7.57. The number of carbonyl (C=O) groups excluding carboxylic acids is 1. The molecule has 3 aromatic rings. The molecule has 1 aromatic heterocycles. The standard InChI is InChI=1S/C19H20ClN3O5S/c1-12-5-6-13(9-15(12)20)23(11-18(24)28-4)29(26,27)14-7-8-16-17(10-14)22(3)19(25)21(16)2/h5-10H,11H2,1-4H3. The number of methoxy groups -OCH3 is 1. The van der Waals surface area contributed by atoms with Crippen LogP contribution in [0.15, 0.2) is 46.1 Å². The molecule has 0 aliphatic carbocycles. The summed E-state index contributed by atoms with van der Waals surface area (Å²) in [4.78, 5) is 24.0. The van der Waals surface area contributed by atoms with E-state index in [0.29, 0.717) is 16.1 Å². The molecule has 0 aliphatic heterocycles. The highest BCUT2D eigenvalue weighted by Gasteiger charge is 2.28. The first kappa shape index (κ1) is 20.9. The predicted molar refractivity (Wildman–Crippen MR) is 111 cm³/mol. The summed E-state index contributed by atoms with van der Waals surface area (Å²) < 4.78 is 35.2. The van der Waals surface area contributed by atoms with Gasteiger partial charge >= 0.3 is 11.7 Å². The zero-order chi connectivity index (χ0) is 21.5. The maximum absolute atomic E-state index is 13.4. The monoisotopic (exact) mass is 437 g/mol. The number of aryl methyl sites for hydroxylation is 3. The van der Waals surface area contributed by atoms with Crippen LogP contribution < -0.4 is 9.99 Å². The van der Waals surface area contributed by atoms with Crippen LogP contribution in [0.25, 0.3) is 11.0 Å². The highest BCUT2D eigenvalue weighted by atomic mass is 35.5. The Bertz CT molecular complexity index is 1280. The van der Waals surface area contributed by atoms with E-state index in [0.717, 1.165) is 9.87 Å². The van der Waals surface area contributed by atoms with E-state index >= 15 is 0 Å². The van der Waals surface area contributed by atoms with Gasteiger partial charge < -0.3 is 4.74 Å². The Morgan fingerprint density at radius 3 is 2.38 bits per heavy atom. The second-order valence-electron chi connectivity index (χ2n) is 6.57. The van der Waals surface area contributed by atoms with Crippen molar-refractivity contribution in [1.82, 2.24) is 9.13 Å². The van der Waals surface area contributed by atoms with Crippen LogP contribution in [-0.4, -0.2) is 37.2 Å². The van der Waals surface area contributed by atoms with Crippen molar-refractivity contribution in [3.05, 3.63) is 57.5 Å². The third-order valence-electron chi connectivity index (χ3n) is 4.78. The van der Waals surface area contributed by atoms with Crippen LogP contribution in [-0.2, 0) is 33.7 Å². The molecule has 0 N–H and O–H groups in total.